The summed E-state index contributed by atoms with van der Waals surface area (Å²) in [5.41, 5.74) is 3.26. The average molecular weight is 242 g/mol. The minimum atomic E-state index is -0.465. The van der Waals surface area contributed by atoms with Gasteiger partial charge in [0.25, 0.3) is 0 Å². The highest BCUT2D eigenvalue weighted by Crippen LogP contribution is 2.19. The summed E-state index contributed by atoms with van der Waals surface area (Å²) in [4.78, 5) is 0. The zero-order valence-electron chi connectivity index (χ0n) is 10.8. The number of aryl methyl sites for hydroxylation is 1. The first kappa shape index (κ1) is 12.7. The van der Waals surface area contributed by atoms with Gasteiger partial charge in [-0.15, -0.1) is 0 Å². The third-order valence-electron chi connectivity index (χ3n) is 2.87. The molecule has 2 aromatic rings. The summed E-state index contributed by atoms with van der Waals surface area (Å²) in [6.45, 7) is 4.36. The van der Waals surface area contributed by atoms with Gasteiger partial charge in [-0.1, -0.05) is 42.0 Å². The monoisotopic (exact) mass is 242 g/mol. The summed E-state index contributed by atoms with van der Waals surface area (Å²) in [5.74, 6) is 0.786. The molecule has 94 valence electrons. The maximum Gasteiger partial charge on any atom is 0.120 e. The molecule has 1 N–H and O–H groups in total. The summed E-state index contributed by atoms with van der Waals surface area (Å²) in [6.07, 6.45) is -0.465. The summed E-state index contributed by atoms with van der Waals surface area (Å²) in [7, 11) is 0. The maximum absolute atomic E-state index is 9.51. The Hall–Kier alpha value is -1.80. The highest BCUT2D eigenvalue weighted by molar-refractivity contribution is 5.30. The van der Waals surface area contributed by atoms with Crippen LogP contribution in [-0.2, 0) is 6.61 Å². The fourth-order valence-corrected chi connectivity index (χ4v) is 1.72. The third-order valence-corrected chi connectivity index (χ3v) is 2.87. The molecule has 0 aromatic heterocycles. The van der Waals surface area contributed by atoms with E-state index in [0.29, 0.717) is 6.61 Å². The van der Waals surface area contributed by atoms with Crippen molar-refractivity contribution in [3.63, 3.8) is 0 Å². The number of aliphatic hydroxyl groups excluding tert-OH is 1. The van der Waals surface area contributed by atoms with Crippen molar-refractivity contribution >= 4 is 0 Å². The first-order valence-electron chi connectivity index (χ1n) is 6.11. The molecule has 0 bridgehead atoms. The quantitative estimate of drug-likeness (QED) is 0.887. The van der Waals surface area contributed by atoms with Gasteiger partial charge < -0.3 is 9.84 Å². The van der Waals surface area contributed by atoms with Crippen LogP contribution < -0.4 is 4.74 Å². The van der Waals surface area contributed by atoms with Gasteiger partial charge in [-0.25, -0.2) is 0 Å². The Morgan fingerprint density at radius 2 is 1.83 bits per heavy atom. The molecule has 0 unspecified atom stereocenters. The van der Waals surface area contributed by atoms with Crippen molar-refractivity contribution in [2.75, 3.05) is 0 Å². The van der Waals surface area contributed by atoms with E-state index in [2.05, 4.69) is 31.2 Å². The summed E-state index contributed by atoms with van der Waals surface area (Å²) in [5, 5.41) is 9.51. The fourth-order valence-electron chi connectivity index (χ4n) is 1.72. The summed E-state index contributed by atoms with van der Waals surface area (Å²) in [6, 6.07) is 15.8. The lowest BCUT2D eigenvalue weighted by Gasteiger charge is -2.09. The lowest BCUT2D eigenvalue weighted by atomic mass is 10.1. The fraction of sp³-hybridized carbons (Fsp3) is 0.250. The molecule has 0 fully saturated rings. The number of hydrogen-bond donors (Lipinski definition) is 1. The van der Waals surface area contributed by atoms with Crippen molar-refractivity contribution in [1.29, 1.82) is 0 Å². The van der Waals surface area contributed by atoms with Gasteiger partial charge in [0, 0.05) is 0 Å². The third kappa shape index (κ3) is 3.34. The number of benzene rings is 2. The van der Waals surface area contributed by atoms with E-state index >= 15 is 0 Å². The molecule has 1 atom stereocenters. The van der Waals surface area contributed by atoms with E-state index in [4.69, 9.17) is 4.74 Å². The van der Waals surface area contributed by atoms with Gasteiger partial charge in [0.15, 0.2) is 0 Å². The van der Waals surface area contributed by atoms with Crippen LogP contribution in [0.4, 0.5) is 0 Å². The van der Waals surface area contributed by atoms with Crippen LogP contribution in [0.2, 0.25) is 0 Å². The number of aliphatic hydroxyl groups is 1. The van der Waals surface area contributed by atoms with Crippen molar-refractivity contribution in [3.8, 4) is 5.75 Å². The largest absolute Gasteiger partial charge is 0.489 e. The molecule has 0 heterocycles. The van der Waals surface area contributed by atoms with Crippen LogP contribution in [0, 0.1) is 6.92 Å². The molecule has 0 saturated heterocycles. The number of ether oxygens (including phenoxy) is 1. The van der Waals surface area contributed by atoms with Crippen LogP contribution >= 0.6 is 0 Å². The van der Waals surface area contributed by atoms with Gasteiger partial charge in [-0.2, -0.15) is 0 Å². The topological polar surface area (TPSA) is 29.5 Å². The highest BCUT2D eigenvalue weighted by atomic mass is 16.5. The molecule has 0 radical (unpaired) electrons. The van der Waals surface area contributed by atoms with Crippen molar-refractivity contribution in [1.82, 2.24) is 0 Å². The maximum atomic E-state index is 9.51. The lowest BCUT2D eigenvalue weighted by Crippen LogP contribution is -1.97. The zero-order valence-corrected chi connectivity index (χ0v) is 10.8. The van der Waals surface area contributed by atoms with E-state index in [1.54, 1.807) is 6.92 Å². The van der Waals surface area contributed by atoms with Crippen molar-refractivity contribution < 1.29 is 9.84 Å². The highest BCUT2D eigenvalue weighted by Gasteiger charge is 2.02. The Kier molecular flexibility index (Phi) is 4.00. The summed E-state index contributed by atoms with van der Waals surface area (Å²) < 4.78 is 5.71. The Bertz CT molecular complexity index is 501. The van der Waals surface area contributed by atoms with E-state index in [9.17, 15) is 5.11 Å². The second kappa shape index (κ2) is 5.69. The van der Waals surface area contributed by atoms with Gasteiger partial charge >= 0.3 is 0 Å². The second-order valence-corrected chi connectivity index (χ2v) is 4.52. The van der Waals surface area contributed by atoms with Crippen molar-refractivity contribution in [2.45, 2.75) is 26.6 Å². The van der Waals surface area contributed by atoms with Gasteiger partial charge in [-0.3, -0.25) is 0 Å². The molecule has 18 heavy (non-hydrogen) atoms. The molecule has 0 aliphatic carbocycles. The zero-order chi connectivity index (χ0) is 13.0. The van der Waals surface area contributed by atoms with E-state index in [1.807, 2.05) is 24.3 Å². The molecule has 0 aliphatic heterocycles. The van der Waals surface area contributed by atoms with Gasteiger partial charge in [-0.05, 0) is 37.1 Å². The van der Waals surface area contributed by atoms with E-state index in [1.165, 1.54) is 5.56 Å². The van der Waals surface area contributed by atoms with E-state index < -0.39 is 6.10 Å². The summed E-state index contributed by atoms with van der Waals surface area (Å²) >= 11 is 0. The average Bonchev–Trinajstić information content (AvgIpc) is 2.38. The van der Waals surface area contributed by atoms with Crippen LogP contribution in [0.5, 0.6) is 5.75 Å². The van der Waals surface area contributed by atoms with Crippen LogP contribution in [0.3, 0.4) is 0 Å². The Morgan fingerprint density at radius 3 is 2.50 bits per heavy atom. The molecule has 2 aromatic carbocycles. The van der Waals surface area contributed by atoms with E-state index in [0.717, 1.165) is 16.9 Å². The molecule has 2 nitrogen and oxygen atoms in total. The standard InChI is InChI=1S/C16H18O2/c1-12-6-8-14(9-7-12)11-18-16-5-3-4-15(10-16)13(2)17/h3-10,13,17H,11H2,1-2H3/t13-/m0/s1. The van der Waals surface area contributed by atoms with Gasteiger partial charge in [0.2, 0.25) is 0 Å². The first-order chi connectivity index (χ1) is 8.65. The molecule has 2 heteroatoms. The molecule has 2 rings (SSSR count). The van der Waals surface area contributed by atoms with Gasteiger partial charge in [0.1, 0.15) is 12.4 Å². The minimum Gasteiger partial charge on any atom is -0.489 e. The van der Waals surface area contributed by atoms with Crippen LogP contribution in [0.15, 0.2) is 48.5 Å². The van der Waals surface area contributed by atoms with Crippen LogP contribution in [-0.4, -0.2) is 5.11 Å². The normalized spacial score (nSPS) is 12.2. The molecule has 0 spiro atoms. The Balaban J connectivity index is 2.01. The van der Waals surface area contributed by atoms with Crippen LogP contribution in [0.1, 0.15) is 29.7 Å². The number of rotatable bonds is 4. The molecule has 0 saturated carbocycles. The Morgan fingerprint density at radius 1 is 1.11 bits per heavy atom. The van der Waals surface area contributed by atoms with Gasteiger partial charge in [0.05, 0.1) is 6.10 Å². The SMILES string of the molecule is Cc1ccc(COc2cccc([C@H](C)O)c2)cc1. The van der Waals surface area contributed by atoms with Crippen molar-refractivity contribution in [3.05, 3.63) is 65.2 Å². The number of hydrogen-bond acceptors (Lipinski definition) is 2. The second-order valence-electron chi connectivity index (χ2n) is 4.52. The molecule has 0 aliphatic rings. The lowest BCUT2D eigenvalue weighted by molar-refractivity contribution is 0.198. The smallest absolute Gasteiger partial charge is 0.120 e. The Labute approximate surface area is 108 Å². The molecular weight excluding hydrogens is 224 g/mol. The van der Waals surface area contributed by atoms with Crippen LogP contribution in [0.25, 0.3) is 0 Å². The van der Waals surface area contributed by atoms with E-state index in [-0.39, 0.29) is 0 Å². The van der Waals surface area contributed by atoms with Crippen molar-refractivity contribution in [2.24, 2.45) is 0 Å². The predicted molar refractivity (Wildman–Crippen MR) is 72.6 cm³/mol. The predicted octanol–water partition coefficient (Wildman–Crippen LogP) is 3.63. The molecular formula is C16H18O2. The first-order valence-corrected chi connectivity index (χ1v) is 6.11. The minimum absolute atomic E-state index is 0.465. The molecule has 0 amide bonds.